The highest BCUT2D eigenvalue weighted by Gasteiger charge is 2.19. The first-order valence-electron chi connectivity index (χ1n) is 12.7. The molecule has 33 heavy (non-hydrogen) atoms. The van der Waals surface area contributed by atoms with Crippen LogP contribution in [0.2, 0.25) is 0 Å². The molecule has 7 heteroatoms. The summed E-state index contributed by atoms with van der Waals surface area (Å²) in [7, 11) is 0. The van der Waals surface area contributed by atoms with E-state index in [1.54, 1.807) is 0 Å². The van der Waals surface area contributed by atoms with E-state index >= 15 is 0 Å². The summed E-state index contributed by atoms with van der Waals surface area (Å²) in [6.45, 7) is 18.9. The number of unbranched alkanes of at least 4 members (excludes halogenated alkanes) is 1. The molecule has 2 heterocycles. The van der Waals surface area contributed by atoms with Crippen LogP contribution in [0.5, 0.6) is 0 Å². The van der Waals surface area contributed by atoms with Gasteiger partial charge < -0.3 is 20.0 Å². The number of aliphatic imine (C=N–C) groups is 1. The Morgan fingerprint density at radius 3 is 2.21 bits per heavy atom. The maximum Gasteiger partial charge on any atom is 0.194 e. The molecule has 1 N–H and O–H groups in total. The molecule has 0 aromatic heterocycles. The van der Waals surface area contributed by atoms with Gasteiger partial charge in [-0.25, -0.2) is 0 Å². The summed E-state index contributed by atoms with van der Waals surface area (Å²) in [5.41, 5.74) is 1.27. The van der Waals surface area contributed by atoms with Crippen molar-refractivity contribution in [2.24, 2.45) is 4.99 Å². The second-order valence-electron chi connectivity index (χ2n) is 8.82. The predicted octanol–water partition coefficient (Wildman–Crippen LogP) is 3.32. The Bertz CT molecular complexity index is 679. The molecular weight excluding hydrogens is 523 g/mol. The van der Waals surface area contributed by atoms with Crippen molar-refractivity contribution in [2.45, 2.75) is 26.7 Å². The minimum atomic E-state index is 0. The van der Waals surface area contributed by atoms with Crippen molar-refractivity contribution in [3.05, 3.63) is 42.0 Å². The fraction of sp³-hybridized carbons (Fsp3) is 0.654. The van der Waals surface area contributed by atoms with Crippen LogP contribution < -0.4 is 5.32 Å². The van der Waals surface area contributed by atoms with Crippen LogP contribution in [0.1, 0.15) is 32.3 Å². The largest absolute Gasteiger partial charge is 0.357 e. The van der Waals surface area contributed by atoms with Crippen LogP contribution in [0.25, 0.3) is 6.08 Å². The lowest BCUT2D eigenvalue weighted by Gasteiger charge is -2.36. The normalized spacial score (nSPS) is 19.1. The van der Waals surface area contributed by atoms with Crippen molar-refractivity contribution in [2.75, 3.05) is 85.1 Å². The number of halogens is 1. The standard InChI is InChI=1S/C26H44N6.HI/c1-3-27-26(28-14-8-9-15-30-19-17-29(4-2)18-20-30)32-23-21-31(22-24-32)16-10-13-25-11-6-5-7-12-25;/h5-7,10-13H,3-4,8-9,14-24H2,1-2H3,(H,27,28);1H/b13-10+;. The number of piperazine rings is 2. The van der Waals surface area contributed by atoms with Gasteiger partial charge in [-0.3, -0.25) is 9.89 Å². The van der Waals surface area contributed by atoms with Crippen LogP contribution in [0.15, 0.2) is 41.4 Å². The molecule has 2 fully saturated rings. The summed E-state index contributed by atoms with van der Waals surface area (Å²) < 4.78 is 0. The van der Waals surface area contributed by atoms with E-state index in [9.17, 15) is 0 Å². The molecule has 0 saturated carbocycles. The minimum absolute atomic E-state index is 0. The summed E-state index contributed by atoms with van der Waals surface area (Å²) >= 11 is 0. The first-order valence-corrected chi connectivity index (χ1v) is 12.7. The molecule has 2 saturated heterocycles. The van der Waals surface area contributed by atoms with Gasteiger partial charge in [-0.2, -0.15) is 0 Å². The Hall–Kier alpha value is -1.16. The first-order chi connectivity index (χ1) is 15.8. The fourth-order valence-electron chi connectivity index (χ4n) is 4.43. The molecule has 0 amide bonds. The van der Waals surface area contributed by atoms with Gasteiger partial charge in [-0.05, 0) is 38.4 Å². The lowest BCUT2D eigenvalue weighted by molar-refractivity contribution is 0.136. The van der Waals surface area contributed by atoms with Crippen LogP contribution in [0.3, 0.4) is 0 Å². The number of benzene rings is 1. The minimum Gasteiger partial charge on any atom is -0.357 e. The number of likely N-dealkylation sites (N-methyl/N-ethyl adjacent to an activating group) is 1. The van der Waals surface area contributed by atoms with E-state index < -0.39 is 0 Å². The van der Waals surface area contributed by atoms with E-state index in [2.05, 4.69) is 81.2 Å². The van der Waals surface area contributed by atoms with Crippen LogP contribution >= 0.6 is 24.0 Å². The Labute approximate surface area is 219 Å². The molecule has 3 rings (SSSR count). The summed E-state index contributed by atoms with van der Waals surface area (Å²) in [5.74, 6) is 1.10. The second-order valence-corrected chi connectivity index (χ2v) is 8.82. The lowest BCUT2D eigenvalue weighted by atomic mass is 10.2. The lowest BCUT2D eigenvalue weighted by Crippen LogP contribution is -2.52. The summed E-state index contributed by atoms with van der Waals surface area (Å²) in [4.78, 5) is 15.1. The van der Waals surface area contributed by atoms with E-state index in [4.69, 9.17) is 4.99 Å². The third-order valence-corrected chi connectivity index (χ3v) is 6.54. The van der Waals surface area contributed by atoms with Gasteiger partial charge in [0.15, 0.2) is 5.96 Å². The summed E-state index contributed by atoms with van der Waals surface area (Å²) in [6.07, 6.45) is 6.93. The van der Waals surface area contributed by atoms with E-state index in [1.807, 2.05) is 0 Å². The molecule has 0 bridgehead atoms. The SMILES string of the molecule is CCNC(=NCCCCN1CCN(CC)CC1)N1CCN(C/C=C/c2ccccc2)CC1.I. The maximum atomic E-state index is 4.94. The van der Waals surface area contributed by atoms with Crippen molar-refractivity contribution in [3.8, 4) is 0 Å². The van der Waals surface area contributed by atoms with Crippen molar-refractivity contribution in [1.29, 1.82) is 0 Å². The number of rotatable bonds is 10. The zero-order chi connectivity index (χ0) is 22.4. The number of hydrogen-bond acceptors (Lipinski definition) is 4. The predicted molar refractivity (Wildman–Crippen MR) is 153 cm³/mol. The Balaban J connectivity index is 0.00000385. The number of hydrogen-bond donors (Lipinski definition) is 1. The van der Waals surface area contributed by atoms with Gasteiger partial charge >= 0.3 is 0 Å². The molecule has 0 unspecified atom stereocenters. The van der Waals surface area contributed by atoms with Gasteiger partial charge in [0.25, 0.3) is 0 Å². The smallest absolute Gasteiger partial charge is 0.194 e. The third-order valence-electron chi connectivity index (χ3n) is 6.54. The molecule has 2 aliphatic heterocycles. The zero-order valence-electron chi connectivity index (χ0n) is 20.8. The van der Waals surface area contributed by atoms with Gasteiger partial charge in [-0.1, -0.05) is 49.4 Å². The monoisotopic (exact) mass is 568 g/mol. The molecule has 1 aromatic rings. The van der Waals surface area contributed by atoms with E-state index in [1.165, 1.54) is 57.7 Å². The van der Waals surface area contributed by atoms with Gasteiger partial charge in [0.1, 0.15) is 0 Å². The number of nitrogens with zero attached hydrogens (tertiary/aromatic N) is 5. The topological polar surface area (TPSA) is 37.4 Å². The summed E-state index contributed by atoms with van der Waals surface area (Å²) in [6, 6.07) is 10.6. The highest BCUT2D eigenvalue weighted by molar-refractivity contribution is 14.0. The molecule has 186 valence electrons. The van der Waals surface area contributed by atoms with E-state index in [0.717, 1.165) is 51.8 Å². The molecule has 6 nitrogen and oxygen atoms in total. The van der Waals surface area contributed by atoms with Crippen molar-refractivity contribution in [3.63, 3.8) is 0 Å². The number of guanidine groups is 1. The molecule has 0 spiro atoms. The first kappa shape index (κ1) is 28.1. The maximum absolute atomic E-state index is 4.94. The highest BCUT2D eigenvalue weighted by Crippen LogP contribution is 2.06. The van der Waals surface area contributed by atoms with E-state index in [-0.39, 0.29) is 24.0 Å². The van der Waals surface area contributed by atoms with Gasteiger partial charge in [0, 0.05) is 72.0 Å². The molecule has 0 atom stereocenters. The molecule has 2 aliphatic rings. The Morgan fingerprint density at radius 2 is 1.55 bits per heavy atom. The van der Waals surface area contributed by atoms with Crippen LogP contribution in [0.4, 0.5) is 0 Å². The van der Waals surface area contributed by atoms with Gasteiger partial charge in [0.05, 0.1) is 0 Å². The summed E-state index contributed by atoms with van der Waals surface area (Å²) in [5, 5.41) is 3.51. The molecule has 0 aliphatic carbocycles. The third kappa shape index (κ3) is 10.3. The Kier molecular flexibility index (Phi) is 14.0. The molecular formula is C26H45IN6. The average molecular weight is 569 g/mol. The van der Waals surface area contributed by atoms with Gasteiger partial charge in [0.2, 0.25) is 0 Å². The van der Waals surface area contributed by atoms with E-state index in [0.29, 0.717) is 0 Å². The fourth-order valence-corrected chi connectivity index (χ4v) is 4.43. The Morgan fingerprint density at radius 1 is 0.879 bits per heavy atom. The zero-order valence-corrected chi connectivity index (χ0v) is 23.1. The second kappa shape index (κ2) is 16.5. The van der Waals surface area contributed by atoms with Crippen LogP contribution in [0, 0.1) is 0 Å². The molecule has 0 radical (unpaired) electrons. The van der Waals surface area contributed by atoms with Crippen molar-refractivity contribution < 1.29 is 0 Å². The molecule has 1 aromatic carbocycles. The van der Waals surface area contributed by atoms with Crippen molar-refractivity contribution >= 4 is 36.0 Å². The number of nitrogens with one attached hydrogen (secondary N) is 1. The van der Waals surface area contributed by atoms with Crippen LogP contribution in [-0.2, 0) is 0 Å². The highest BCUT2D eigenvalue weighted by atomic mass is 127. The van der Waals surface area contributed by atoms with Gasteiger partial charge in [-0.15, -0.1) is 24.0 Å². The average Bonchev–Trinajstić information content (AvgIpc) is 2.85. The quantitative estimate of drug-likeness (QED) is 0.203. The van der Waals surface area contributed by atoms with Crippen LogP contribution in [-0.4, -0.2) is 111 Å². The van der Waals surface area contributed by atoms with Crippen molar-refractivity contribution in [1.82, 2.24) is 24.9 Å².